The van der Waals surface area contributed by atoms with Crippen LogP contribution in [0.5, 0.6) is 0 Å². The second kappa shape index (κ2) is 12.0. The molecular weight excluding hydrogens is 444 g/mol. The highest BCUT2D eigenvalue weighted by atomic mass is 32.2. The van der Waals surface area contributed by atoms with Gasteiger partial charge in [0, 0.05) is 12.6 Å². The molecule has 3 aromatic rings. The minimum absolute atomic E-state index is 0.0629. The van der Waals surface area contributed by atoms with Crippen LogP contribution in [0.1, 0.15) is 35.6 Å². The molecule has 34 heavy (non-hydrogen) atoms. The molecule has 1 amide bonds. The molecule has 3 rings (SSSR count). The van der Waals surface area contributed by atoms with Gasteiger partial charge in [-0.05, 0) is 68.4 Å². The van der Waals surface area contributed by atoms with Gasteiger partial charge in [-0.2, -0.15) is 4.31 Å². The molecule has 0 radical (unpaired) electrons. The number of carbonyl (C=O) groups is 1. The number of rotatable bonds is 11. The van der Waals surface area contributed by atoms with Crippen LogP contribution < -0.4 is 5.32 Å². The highest BCUT2D eigenvalue weighted by Crippen LogP contribution is 2.22. The van der Waals surface area contributed by atoms with E-state index in [1.54, 1.807) is 13.0 Å². The van der Waals surface area contributed by atoms with Crippen molar-refractivity contribution in [1.29, 1.82) is 0 Å². The number of amides is 1. The third-order valence-electron chi connectivity index (χ3n) is 5.89. The first-order valence-corrected chi connectivity index (χ1v) is 13.1. The fourth-order valence-corrected chi connectivity index (χ4v) is 5.59. The molecule has 0 heterocycles. The average Bonchev–Trinajstić information content (AvgIpc) is 2.83. The van der Waals surface area contributed by atoms with Crippen LogP contribution in [-0.2, 0) is 27.7 Å². The van der Waals surface area contributed by atoms with Gasteiger partial charge in [0.2, 0.25) is 15.9 Å². The second-order valence-electron chi connectivity index (χ2n) is 8.84. The van der Waals surface area contributed by atoms with Crippen molar-refractivity contribution in [3.8, 4) is 0 Å². The van der Waals surface area contributed by atoms with Gasteiger partial charge in [0.15, 0.2) is 0 Å². The van der Waals surface area contributed by atoms with Gasteiger partial charge in [0.1, 0.15) is 0 Å². The summed E-state index contributed by atoms with van der Waals surface area (Å²) in [5.41, 5.74) is 3.78. The first kappa shape index (κ1) is 25.7. The molecule has 1 unspecified atom stereocenters. The minimum atomic E-state index is -3.84. The third kappa shape index (κ3) is 7.27. The third-order valence-corrected chi connectivity index (χ3v) is 7.88. The van der Waals surface area contributed by atoms with Gasteiger partial charge in [0.05, 0.1) is 11.4 Å². The summed E-state index contributed by atoms with van der Waals surface area (Å²) < 4.78 is 28.5. The van der Waals surface area contributed by atoms with Crippen molar-refractivity contribution in [2.24, 2.45) is 0 Å². The summed E-state index contributed by atoms with van der Waals surface area (Å²) in [7, 11) is -3.84. The molecule has 0 aliphatic rings. The molecule has 0 aliphatic heterocycles. The van der Waals surface area contributed by atoms with E-state index in [4.69, 9.17) is 0 Å². The Kier molecular flexibility index (Phi) is 9.02. The summed E-state index contributed by atoms with van der Waals surface area (Å²) in [6.07, 6.45) is 2.16. The summed E-state index contributed by atoms with van der Waals surface area (Å²) in [6.45, 7) is 5.62. The van der Waals surface area contributed by atoms with Crippen LogP contribution in [-0.4, -0.2) is 37.8 Å². The first-order chi connectivity index (χ1) is 16.3. The standard InChI is InChI=1S/C28H34N2O3S/c1-22-14-15-23(2)27(20-22)34(32,33)30(19-18-26-12-8-5-9-13-26)21-28(31)29-24(3)16-17-25-10-6-4-7-11-25/h4-15,20,24H,16-19,21H2,1-3H3,(H,29,31). The van der Waals surface area contributed by atoms with E-state index in [2.05, 4.69) is 17.4 Å². The van der Waals surface area contributed by atoms with Gasteiger partial charge in [-0.1, -0.05) is 72.8 Å². The van der Waals surface area contributed by atoms with Crippen molar-refractivity contribution in [1.82, 2.24) is 9.62 Å². The Morgan fingerprint density at radius 2 is 1.47 bits per heavy atom. The lowest BCUT2D eigenvalue weighted by Gasteiger charge is -2.24. The Bertz CT molecular complexity index is 1180. The Hall–Kier alpha value is -2.96. The Morgan fingerprint density at radius 3 is 2.09 bits per heavy atom. The number of sulfonamides is 1. The molecular formula is C28H34N2O3S. The van der Waals surface area contributed by atoms with Crippen LogP contribution in [0.15, 0.2) is 83.8 Å². The van der Waals surface area contributed by atoms with Gasteiger partial charge in [-0.3, -0.25) is 4.79 Å². The molecule has 0 bridgehead atoms. The fraction of sp³-hybridized carbons (Fsp3) is 0.321. The van der Waals surface area contributed by atoms with Crippen molar-refractivity contribution in [2.45, 2.75) is 51.0 Å². The zero-order valence-corrected chi connectivity index (χ0v) is 21.0. The Morgan fingerprint density at radius 1 is 0.882 bits per heavy atom. The molecule has 0 saturated carbocycles. The number of nitrogens with zero attached hydrogens (tertiary/aromatic N) is 1. The van der Waals surface area contributed by atoms with Crippen molar-refractivity contribution >= 4 is 15.9 Å². The van der Waals surface area contributed by atoms with E-state index in [0.29, 0.717) is 12.0 Å². The quantitative estimate of drug-likeness (QED) is 0.435. The summed E-state index contributed by atoms with van der Waals surface area (Å²) in [5, 5.41) is 2.98. The Labute approximate surface area is 203 Å². The predicted molar refractivity (Wildman–Crippen MR) is 137 cm³/mol. The maximum atomic E-state index is 13.6. The lowest BCUT2D eigenvalue weighted by atomic mass is 10.1. The van der Waals surface area contributed by atoms with Gasteiger partial charge < -0.3 is 5.32 Å². The number of nitrogens with one attached hydrogen (secondary N) is 1. The fourth-order valence-electron chi connectivity index (χ4n) is 3.89. The van der Waals surface area contributed by atoms with Crippen molar-refractivity contribution < 1.29 is 13.2 Å². The Balaban J connectivity index is 1.72. The lowest BCUT2D eigenvalue weighted by Crippen LogP contribution is -2.44. The van der Waals surface area contributed by atoms with Crippen LogP contribution in [0.2, 0.25) is 0 Å². The summed E-state index contributed by atoms with van der Waals surface area (Å²) >= 11 is 0. The maximum absolute atomic E-state index is 13.6. The SMILES string of the molecule is Cc1ccc(C)c(S(=O)(=O)N(CCc2ccccc2)CC(=O)NC(C)CCc2ccccc2)c1. The molecule has 3 aromatic carbocycles. The van der Waals surface area contributed by atoms with E-state index in [1.807, 2.05) is 74.5 Å². The van der Waals surface area contributed by atoms with Gasteiger partial charge in [0.25, 0.3) is 0 Å². The first-order valence-electron chi connectivity index (χ1n) is 11.7. The average molecular weight is 479 g/mol. The summed E-state index contributed by atoms with van der Waals surface area (Å²) in [5.74, 6) is -0.289. The molecule has 1 atom stereocenters. The van der Waals surface area contributed by atoms with Crippen molar-refractivity contribution in [3.05, 3.63) is 101 Å². The zero-order valence-electron chi connectivity index (χ0n) is 20.2. The van der Waals surface area contributed by atoms with Crippen LogP contribution in [0, 0.1) is 13.8 Å². The topological polar surface area (TPSA) is 66.5 Å². The summed E-state index contributed by atoms with van der Waals surface area (Å²) in [6, 6.07) is 25.2. The van der Waals surface area contributed by atoms with E-state index in [0.717, 1.165) is 24.0 Å². The van der Waals surface area contributed by atoms with Crippen LogP contribution in [0.25, 0.3) is 0 Å². The van der Waals surface area contributed by atoms with Gasteiger partial charge >= 0.3 is 0 Å². The van der Waals surface area contributed by atoms with Crippen LogP contribution in [0.3, 0.4) is 0 Å². The number of aryl methyl sites for hydroxylation is 3. The molecule has 5 nitrogen and oxygen atoms in total. The van der Waals surface area contributed by atoms with Gasteiger partial charge in [-0.15, -0.1) is 0 Å². The van der Waals surface area contributed by atoms with Crippen LogP contribution in [0.4, 0.5) is 0 Å². The van der Waals surface area contributed by atoms with E-state index in [-0.39, 0.29) is 29.9 Å². The van der Waals surface area contributed by atoms with E-state index in [1.165, 1.54) is 9.87 Å². The molecule has 0 saturated heterocycles. The number of hydrogen-bond acceptors (Lipinski definition) is 3. The smallest absolute Gasteiger partial charge is 0.243 e. The van der Waals surface area contributed by atoms with Gasteiger partial charge in [-0.25, -0.2) is 8.42 Å². The largest absolute Gasteiger partial charge is 0.352 e. The van der Waals surface area contributed by atoms with E-state index in [9.17, 15) is 13.2 Å². The molecule has 180 valence electrons. The molecule has 1 N–H and O–H groups in total. The molecule has 0 aromatic heterocycles. The number of benzene rings is 3. The van der Waals surface area contributed by atoms with Crippen molar-refractivity contribution in [2.75, 3.05) is 13.1 Å². The normalized spacial score (nSPS) is 12.5. The summed E-state index contributed by atoms with van der Waals surface area (Å²) in [4.78, 5) is 13.2. The molecule has 0 aliphatic carbocycles. The highest BCUT2D eigenvalue weighted by Gasteiger charge is 2.28. The van der Waals surface area contributed by atoms with Crippen LogP contribution >= 0.6 is 0 Å². The predicted octanol–water partition coefficient (Wildman–Crippen LogP) is 4.67. The monoisotopic (exact) mass is 478 g/mol. The lowest BCUT2D eigenvalue weighted by molar-refractivity contribution is -0.121. The zero-order chi connectivity index (χ0) is 24.6. The minimum Gasteiger partial charge on any atom is -0.352 e. The molecule has 6 heteroatoms. The van der Waals surface area contributed by atoms with E-state index >= 15 is 0 Å². The molecule has 0 spiro atoms. The van der Waals surface area contributed by atoms with E-state index < -0.39 is 10.0 Å². The maximum Gasteiger partial charge on any atom is 0.243 e. The highest BCUT2D eigenvalue weighted by molar-refractivity contribution is 7.89. The molecule has 0 fully saturated rings. The van der Waals surface area contributed by atoms with Crippen molar-refractivity contribution in [3.63, 3.8) is 0 Å². The number of carbonyl (C=O) groups excluding carboxylic acids is 1. The second-order valence-corrected chi connectivity index (χ2v) is 10.7. The number of hydrogen-bond donors (Lipinski definition) is 1.